The van der Waals surface area contributed by atoms with Crippen LogP contribution in [0.5, 0.6) is 0 Å². The van der Waals surface area contributed by atoms with E-state index >= 15 is 0 Å². The molecule has 0 heterocycles. The molecule has 0 atom stereocenters. The summed E-state index contributed by atoms with van der Waals surface area (Å²) in [4.78, 5) is 11.4. The average Bonchev–Trinajstić information content (AvgIpc) is 2.18. The van der Waals surface area contributed by atoms with Gasteiger partial charge in [-0.05, 0) is 20.8 Å². The second-order valence-electron chi connectivity index (χ2n) is 4.91. The third-order valence-electron chi connectivity index (χ3n) is 2.05. The minimum Gasteiger partial charge on any atom is -0.394 e. The molecule has 0 unspecified atom stereocenters. The van der Waals surface area contributed by atoms with Crippen LogP contribution in [0, 0.1) is 0 Å². The van der Waals surface area contributed by atoms with Crippen molar-refractivity contribution in [3.63, 3.8) is 0 Å². The summed E-state index contributed by atoms with van der Waals surface area (Å²) in [5.41, 5.74) is -1.55. The van der Waals surface area contributed by atoms with E-state index in [1.165, 1.54) is 0 Å². The molecule has 0 fully saturated rings. The fourth-order valence-corrected chi connectivity index (χ4v) is 1.05. The zero-order valence-corrected chi connectivity index (χ0v) is 10.1. The van der Waals surface area contributed by atoms with Gasteiger partial charge >= 0.3 is 0 Å². The molecular weight excluding hydrogens is 212 g/mol. The topological polar surface area (TPSA) is 102 Å². The van der Waals surface area contributed by atoms with Crippen LogP contribution in [-0.2, 0) is 4.79 Å². The summed E-state index contributed by atoms with van der Waals surface area (Å²) in [5.74, 6) is -0.257. The molecule has 0 aromatic rings. The molecule has 0 bridgehead atoms. The van der Waals surface area contributed by atoms with Crippen molar-refractivity contribution in [2.24, 2.45) is 0 Å². The molecule has 16 heavy (non-hydrogen) atoms. The first-order valence-corrected chi connectivity index (χ1v) is 5.17. The minimum atomic E-state index is -1.21. The number of carbonyl (C=O) groups excluding carboxylic acids is 1. The summed E-state index contributed by atoms with van der Waals surface area (Å²) in [6, 6.07) is 0. The van der Waals surface area contributed by atoms with E-state index in [0.29, 0.717) is 0 Å². The number of amides is 1. The van der Waals surface area contributed by atoms with Crippen LogP contribution in [0.25, 0.3) is 0 Å². The Labute approximate surface area is 95.7 Å². The van der Waals surface area contributed by atoms with Gasteiger partial charge in [0.15, 0.2) is 0 Å². The molecule has 0 radical (unpaired) electrons. The number of rotatable bonds is 6. The lowest BCUT2D eigenvalue weighted by molar-refractivity contribution is -0.122. The Kier molecular flexibility index (Phi) is 5.88. The van der Waals surface area contributed by atoms with Gasteiger partial charge in [0, 0.05) is 5.54 Å². The van der Waals surface area contributed by atoms with Gasteiger partial charge in [-0.15, -0.1) is 0 Å². The van der Waals surface area contributed by atoms with Gasteiger partial charge in [-0.3, -0.25) is 10.1 Å². The summed E-state index contributed by atoms with van der Waals surface area (Å²) in [6.45, 7) is 4.15. The molecule has 0 spiro atoms. The largest absolute Gasteiger partial charge is 0.394 e. The molecule has 96 valence electrons. The Morgan fingerprint density at radius 3 is 1.81 bits per heavy atom. The zero-order valence-electron chi connectivity index (χ0n) is 10.1. The van der Waals surface area contributed by atoms with Crippen molar-refractivity contribution >= 4 is 5.91 Å². The second-order valence-corrected chi connectivity index (χ2v) is 4.91. The standard InChI is InChI=1S/C10H22N2O4/c1-9(2,3)12-8(16)4-11-10(5-13,6-14)7-15/h11,13-15H,4-7H2,1-3H3,(H,12,16). The van der Waals surface area contributed by atoms with Gasteiger partial charge in [0.05, 0.1) is 31.9 Å². The molecule has 0 aromatic heterocycles. The van der Waals surface area contributed by atoms with Crippen LogP contribution in [0.4, 0.5) is 0 Å². The van der Waals surface area contributed by atoms with Gasteiger partial charge in [-0.1, -0.05) is 0 Å². The summed E-state index contributed by atoms with van der Waals surface area (Å²) >= 11 is 0. The number of aliphatic hydroxyl groups excluding tert-OH is 3. The fraction of sp³-hybridized carbons (Fsp3) is 0.900. The Morgan fingerprint density at radius 1 is 1.06 bits per heavy atom. The molecule has 5 N–H and O–H groups in total. The summed E-state index contributed by atoms with van der Waals surface area (Å²) < 4.78 is 0. The zero-order chi connectivity index (χ0) is 12.8. The quantitative estimate of drug-likeness (QED) is 0.373. The summed E-state index contributed by atoms with van der Waals surface area (Å²) in [5, 5.41) is 32.4. The Morgan fingerprint density at radius 2 is 1.50 bits per heavy atom. The van der Waals surface area contributed by atoms with Crippen LogP contribution >= 0.6 is 0 Å². The van der Waals surface area contributed by atoms with Gasteiger partial charge in [0.25, 0.3) is 0 Å². The normalized spacial score (nSPS) is 12.6. The lowest BCUT2D eigenvalue weighted by atomic mass is 10.0. The van der Waals surface area contributed by atoms with Crippen LogP contribution in [0.15, 0.2) is 0 Å². The Bertz CT molecular complexity index is 213. The van der Waals surface area contributed by atoms with Crippen molar-refractivity contribution in [1.29, 1.82) is 0 Å². The fourth-order valence-electron chi connectivity index (χ4n) is 1.05. The van der Waals surface area contributed by atoms with Gasteiger partial charge in [-0.2, -0.15) is 0 Å². The van der Waals surface area contributed by atoms with E-state index in [9.17, 15) is 4.79 Å². The second kappa shape index (κ2) is 6.15. The van der Waals surface area contributed by atoms with Crippen molar-refractivity contribution in [3.8, 4) is 0 Å². The maximum Gasteiger partial charge on any atom is 0.234 e. The van der Waals surface area contributed by atoms with Crippen molar-refractivity contribution in [1.82, 2.24) is 10.6 Å². The third kappa shape index (κ3) is 5.41. The first-order chi connectivity index (χ1) is 7.28. The van der Waals surface area contributed by atoms with Gasteiger partial charge < -0.3 is 20.6 Å². The van der Waals surface area contributed by atoms with Crippen LogP contribution in [0.3, 0.4) is 0 Å². The average molecular weight is 234 g/mol. The monoisotopic (exact) mass is 234 g/mol. The van der Waals surface area contributed by atoms with Crippen molar-refractivity contribution < 1.29 is 20.1 Å². The van der Waals surface area contributed by atoms with E-state index in [1.807, 2.05) is 20.8 Å². The molecular formula is C10H22N2O4. The molecule has 0 aromatic carbocycles. The van der Waals surface area contributed by atoms with Gasteiger partial charge in [0.1, 0.15) is 0 Å². The van der Waals surface area contributed by atoms with E-state index in [2.05, 4.69) is 10.6 Å². The highest BCUT2D eigenvalue weighted by Gasteiger charge is 2.28. The Hall–Kier alpha value is -0.690. The number of hydrogen-bond acceptors (Lipinski definition) is 5. The molecule has 0 aliphatic rings. The number of aliphatic hydroxyl groups is 3. The van der Waals surface area contributed by atoms with Crippen LogP contribution in [0.1, 0.15) is 20.8 Å². The molecule has 6 nitrogen and oxygen atoms in total. The molecule has 0 saturated carbocycles. The first kappa shape index (κ1) is 15.3. The minimum absolute atomic E-state index is 0.0705. The maximum atomic E-state index is 11.4. The third-order valence-corrected chi connectivity index (χ3v) is 2.05. The van der Waals surface area contributed by atoms with Crippen molar-refractivity contribution in [2.45, 2.75) is 31.8 Å². The predicted molar refractivity (Wildman–Crippen MR) is 59.9 cm³/mol. The molecule has 0 saturated heterocycles. The highest BCUT2D eigenvalue weighted by Crippen LogP contribution is 2.01. The van der Waals surface area contributed by atoms with E-state index in [4.69, 9.17) is 15.3 Å². The van der Waals surface area contributed by atoms with Crippen LogP contribution in [-0.4, -0.2) is 58.7 Å². The molecule has 0 rings (SSSR count). The highest BCUT2D eigenvalue weighted by atomic mass is 16.3. The van der Waals surface area contributed by atoms with Crippen molar-refractivity contribution in [3.05, 3.63) is 0 Å². The number of carbonyl (C=O) groups is 1. The summed E-state index contributed by atoms with van der Waals surface area (Å²) in [7, 11) is 0. The predicted octanol–water partition coefficient (Wildman–Crippen LogP) is -1.79. The van der Waals surface area contributed by atoms with Crippen LogP contribution in [0.2, 0.25) is 0 Å². The van der Waals surface area contributed by atoms with E-state index < -0.39 is 25.4 Å². The lowest BCUT2D eigenvalue weighted by Crippen LogP contribution is -2.58. The molecule has 6 heteroatoms. The van der Waals surface area contributed by atoms with Crippen molar-refractivity contribution in [2.75, 3.05) is 26.4 Å². The molecule has 0 aliphatic heterocycles. The number of hydrogen-bond donors (Lipinski definition) is 5. The summed E-state index contributed by atoms with van der Waals surface area (Å²) in [6.07, 6.45) is 0. The van der Waals surface area contributed by atoms with E-state index in [-0.39, 0.29) is 18.0 Å². The van der Waals surface area contributed by atoms with E-state index in [1.54, 1.807) is 0 Å². The van der Waals surface area contributed by atoms with Crippen LogP contribution < -0.4 is 10.6 Å². The number of nitrogens with one attached hydrogen (secondary N) is 2. The van der Waals surface area contributed by atoms with E-state index in [0.717, 1.165) is 0 Å². The highest BCUT2D eigenvalue weighted by molar-refractivity contribution is 5.78. The Balaban J connectivity index is 4.17. The maximum absolute atomic E-state index is 11.4. The molecule has 1 amide bonds. The van der Waals surface area contributed by atoms with Gasteiger partial charge in [0.2, 0.25) is 5.91 Å². The smallest absolute Gasteiger partial charge is 0.234 e. The lowest BCUT2D eigenvalue weighted by Gasteiger charge is -2.29. The van der Waals surface area contributed by atoms with Gasteiger partial charge in [-0.25, -0.2) is 0 Å². The SMILES string of the molecule is CC(C)(C)NC(=O)CNC(CO)(CO)CO. The first-order valence-electron chi connectivity index (χ1n) is 5.17. The molecule has 0 aliphatic carbocycles.